The number of benzene rings is 3. The molecule has 3 aromatic rings. The summed E-state index contributed by atoms with van der Waals surface area (Å²) < 4.78 is 0. The molecule has 0 saturated heterocycles. The Morgan fingerprint density at radius 1 is 0.696 bits per heavy atom. The van der Waals surface area contributed by atoms with Crippen LogP contribution in [-0.4, -0.2) is 15.9 Å². The molecule has 4 nitrogen and oxygen atoms in total. The number of anilines is 1. The van der Waals surface area contributed by atoms with Crippen LogP contribution >= 0.6 is 0 Å². The van der Waals surface area contributed by atoms with E-state index < -0.39 is 0 Å². The Bertz CT molecular complexity index is 774. The molecule has 4 heteroatoms. The Labute approximate surface area is 134 Å². The van der Waals surface area contributed by atoms with Gasteiger partial charge in [-0.2, -0.15) is 5.10 Å². The topological polar surface area (TPSA) is 64.8 Å². The standard InChI is InChI=1S/C19H16N2O2/c22-17-13-7-12-16(19(17)23)20-21-18(14-8-3-1-4-9-14)15-10-5-2-6-11-15/h1-13,20,22-23H. The van der Waals surface area contributed by atoms with Crippen LogP contribution in [0.25, 0.3) is 0 Å². The largest absolute Gasteiger partial charge is 0.504 e. The van der Waals surface area contributed by atoms with Gasteiger partial charge in [-0.3, -0.25) is 5.43 Å². The van der Waals surface area contributed by atoms with Crippen molar-refractivity contribution in [3.05, 3.63) is 90.0 Å². The molecule has 0 heterocycles. The molecule has 3 aromatic carbocycles. The van der Waals surface area contributed by atoms with E-state index in [9.17, 15) is 10.2 Å². The highest BCUT2D eigenvalue weighted by molar-refractivity contribution is 6.13. The van der Waals surface area contributed by atoms with Crippen LogP contribution < -0.4 is 5.43 Å². The number of hydrazone groups is 1. The third-order valence-electron chi connectivity index (χ3n) is 3.40. The molecular formula is C19H16N2O2. The van der Waals surface area contributed by atoms with E-state index in [4.69, 9.17) is 0 Å². The minimum absolute atomic E-state index is 0.189. The van der Waals surface area contributed by atoms with Gasteiger partial charge in [0, 0.05) is 11.1 Å². The Morgan fingerprint density at radius 2 is 1.26 bits per heavy atom. The van der Waals surface area contributed by atoms with Crippen LogP contribution in [-0.2, 0) is 0 Å². The number of aromatic hydroxyl groups is 2. The van der Waals surface area contributed by atoms with Crippen molar-refractivity contribution in [3.63, 3.8) is 0 Å². The van der Waals surface area contributed by atoms with Gasteiger partial charge < -0.3 is 10.2 Å². The minimum atomic E-state index is -0.225. The van der Waals surface area contributed by atoms with Gasteiger partial charge in [0.25, 0.3) is 0 Å². The summed E-state index contributed by atoms with van der Waals surface area (Å²) in [7, 11) is 0. The maximum atomic E-state index is 9.87. The molecule has 0 amide bonds. The van der Waals surface area contributed by atoms with Gasteiger partial charge in [0.2, 0.25) is 0 Å². The average Bonchev–Trinajstić information content (AvgIpc) is 2.60. The maximum Gasteiger partial charge on any atom is 0.183 e. The lowest BCUT2D eigenvalue weighted by Crippen LogP contribution is -2.06. The van der Waals surface area contributed by atoms with Crippen molar-refractivity contribution >= 4 is 11.4 Å². The highest BCUT2D eigenvalue weighted by Crippen LogP contribution is 2.32. The van der Waals surface area contributed by atoms with Crippen molar-refractivity contribution < 1.29 is 10.2 Å². The van der Waals surface area contributed by atoms with Crippen molar-refractivity contribution in [2.45, 2.75) is 0 Å². The van der Waals surface area contributed by atoms with Gasteiger partial charge in [-0.25, -0.2) is 0 Å². The van der Waals surface area contributed by atoms with Gasteiger partial charge in [-0.05, 0) is 12.1 Å². The van der Waals surface area contributed by atoms with E-state index in [1.807, 2.05) is 60.7 Å². The summed E-state index contributed by atoms with van der Waals surface area (Å²) in [4.78, 5) is 0. The molecule has 0 atom stereocenters. The lowest BCUT2D eigenvalue weighted by Gasteiger charge is -2.10. The SMILES string of the molecule is Oc1cccc(NN=C(c2ccccc2)c2ccccc2)c1O. The molecule has 114 valence electrons. The molecule has 23 heavy (non-hydrogen) atoms. The quantitative estimate of drug-likeness (QED) is 0.388. The summed E-state index contributed by atoms with van der Waals surface area (Å²) >= 11 is 0. The third-order valence-corrected chi connectivity index (χ3v) is 3.40. The molecule has 0 aliphatic heterocycles. The Morgan fingerprint density at radius 3 is 1.83 bits per heavy atom. The Balaban J connectivity index is 2.00. The predicted octanol–water partition coefficient (Wildman–Crippen LogP) is 3.96. The number of phenolic OH excluding ortho intramolecular Hbond substituents is 2. The summed E-state index contributed by atoms with van der Waals surface area (Å²) in [5.74, 6) is -0.414. The van der Waals surface area contributed by atoms with Crippen LogP contribution in [0.3, 0.4) is 0 Å². The Hall–Kier alpha value is -3.27. The zero-order chi connectivity index (χ0) is 16.1. The van der Waals surface area contributed by atoms with Crippen LogP contribution in [0.5, 0.6) is 11.5 Å². The van der Waals surface area contributed by atoms with E-state index in [-0.39, 0.29) is 11.5 Å². The molecule has 0 aliphatic carbocycles. The van der Waals surface area contributed by atoms with E-state index in [0.29, 0.717) is 5.69 Å². The van der Waals surface area contributed by atoms with Gasteiger partial charge in [0.05, 0.1) is 5.71 Å². The fraction of sp³-hybridized carbons (Fsp3) is 0. The molecule has 0 aromatic heterocycles. The summed E-state index contributed by atoms with van der Waals surface area (Å²) in [5, 5.41) is 23.9. The molecule has 0 spiro atoms. The van der Waals surface area contributed by atoms with Crippen molar-refractivity contribution in [2.75, 3.05) is 5.43 Å². The normalized spacial score (nSPS) is 10.1. The molecule has 3 N–H and O–H groups in total. The number of hydrogen-bond acceptors (Lipinski definition) is 4. The summed E-state index contributed by atoms with van der Waals surface area (Å²) in [6.07, 6.45) is 0. The second-order valence-corrected chi connectivity index (χ2v) is 4.98. The van der Waals surface area contributed by atoms with Gasteiger partial charge in [0.1, 0.15) is 5.69 Å². The van der Waals surface area contributed by atoms with E-state index in [1.165, 1.54) is 6.07 Å². The lowest BCUT2D eigenvalue weighted by molar-refractivity contribution is 0.405. The zero-order valence-corrected chi connectivity index (χ0v) is 12.3. The number of hydrogen-bond donors (Lipinski definition) is 3. The van der Waals surface area contributed by atoms with Crippen LogP contribution in [0, 0.1) is 0 Å². The molecular weight excluding hydrogens is 288 g/mol. The van der Waals surface area contributed by atoms with E-state index in [0.717, 1.165) is 16.8 Å². The van der Waals surface area contributed by atoms with Crippen LogP contribution in [0.15, 0.2) is 84.0 Å². The third kappa shape index (κ3) is 3.32. The number of rotatable bonds is 4. The van der Waals surface area contributed by atoms with Gasteiger partial charge in [-0.15, -0.1) is 0 Å². The first-order valence-corrected chi connectivity index (χ1v) is 7.21. The maximum absolute atomic E-state index is 9.87. The fourth-order valence-electron chi connectivity index (χ4n) is 2.23. The number of para-hydroxylation sites is 1. The zero-order valence-electron chi connectivity index (χ0n) is 12.3. The van der Waals surface area contributed by atoms with Crippen LogP contribution in [0.4, 0.5) is 5.69 Å². The van der Waals surface area contributed by atoms with E-state index in [1.54, 1.807) is 12.1 Å². The summed E-state index contributed by atoms with van der Waals surface area (Å²) in [5.41, 5.74) is 5.81. The number of nitrogens with zero attached hydrogens (tertiary/aromatic N) is 1. The van der Waals surface area contributed by atoms with Gasteiger partial charge in [-0.1, -0.05) is 66.7 Å². The van der Waals surface area contributed by atoms with Crippen molar-refractivity contribution in [3.8, 4) is 11.5 Å². The first kappa shape index (κ1) is 14.7. The molecule has 0 bridgehead atoms. The smallest absolute Gasteiger partial charge is 0.183 e. The fourth-order valence-corrected chi connectivity index (χ4v) is 2.23. The molecule has 0 aliphatic rings. The molecule has 0 fully saturated rings. The van der Waals surface area contributed by atoms with E-state index >= 15 is 0 Å². The first-order valence-electron chi connectivity index (χ1n) is 7.21. The predicted molar refractivity (Wildman–Crippen MR) is 91.9 cm³/mol. The summed E-state index contributed by atoms with van der Waals surface area (Å²) in [6.45, 7) is 0. The second kappa shape index (κ2) is 6.66. The Kier molecular flexibility index (Phi) is 4.25. The van der Waals surface area contributed by atoms with Crippen LogP contribution in [0.2, 0.25) is 0 Å². The molecule has 0 saturated carbocycles. The van der Waals surface area contributed by atoms with Crippen molar-refractivity contribution in [1.82, 2.24) is 0 Å². The summed E-state index contributed by atoms with van der Waals surface area (Å²) in [6, 6.07) is 24.2. The molecule has 3 rings (SSSR count). The van der Waals surface area contributed by atoms with Gasteiger partial charge in [0.15, 0.2) is 11.5 Å². The van der Waals surface area contributed by atoms with Gasteiger partial charge >= 0.3 is 0 Å². The van der Waals surface area contributed by atoms with Crippen LogP contribution in [0.1, 0.15) is 11.1 Å². The monoisotopic (exact) mass is 304 g/mol. The average molecular weight is 304 g/mol. The minimum Gasteiger partial charge on any atom is -0.504 e. The highest BCUT2D eigenvalue weighted by atomic mass is 16.3. The second-order valence-electron chi connectivity index (χ2n) is 4.98. The number of phenols is 2. The molecule has 0 unspecified atom stereocenters. The lowest BCUT2D eigenvalue weighted by atomic mass is 10.0. The molecule has 0 radical (unpaired) electrons. The highest BCUT2D eigenvalue weighted by Gasteiger charge is 2.08. The number of nitrogens with one attached hydrogen (secondary N) is 1. The van der Waals surface area contributed by atoms with E-state index in [2.05, 4.69) is 10.5 Å². The first-order chi connectivity index (χ1) is 11.3. The van der Waals surface area contributed by atoms with Crippen molar-refractivity contribution in [1.29, 1.82) is 0 Å². The van der Waals surface area contributed by atoms with Crippen molar-refractivity contribution in [2.24, 2.45) is 5.10 Å².